The molecule has 0 spiro atoms. The van der Waals surface area contributed by atoms with E-state index in [1.54, 1.807) is 24.3 Å². The van der Waals surface area contributed by atoms with Gasteiger partial charge in [-0.1, -0.05) is 47.7 Å². The molecule has 0 atom stereocenters. The minimum Gasteiger partial charge on any atom is -0.298 e. The molecule has 6 heteroatoms. The van der Waals surface area contributed by atoms with Gasteiger partial charge in [0.1, 0.15) is 0 Å². The molecule has 1 aromatic heterocycles. The van der Waals surface area contributed by atoms with Gasteiger partial charge in [0.25, 0.3) is 5.91 Å². The molecule has 1 heterocycles. The molecule has 0 saturated heterocycles. The SMILES string of the molecule is N#Cc1ccccc1-c1ccccc1C(=O)Nc1nc2c(s1)C(=O)CCC2. The zero-order chi connectivity index (χ0) is 18.8. The van der Waals surface area contributed by atoms with Crippen molar-refractivity contribution in [2.45, 2.75) is 19.3 Å². The summed E-state index contributed by atoms with van der Waals surface area (Å²) in [6.07, 6.45) is 2.10. The van der Waals surface area contributed by atoms with E-state index in [1.807, 2.05) is 24.3 Å². The molecule has 0 bridgehead atoms. The van der Waals surface area contributed by atoms with Crippen molar-refractivity contribution in [3.63, 3.8) is 0 Å². The van der Waals surface area contributed by atoms with Crippen LogP contribution >= 0.6 is 11.3 Å². The normalized spacial score (nSPS) is 12.9. The van der Waals surface area contributed by atoms with Gasteiger partial charge >= 0.3 is 0 Å². The van der Waals surface area contributed by atoms with Crippen LogP contribution in [0.25, 0.3) is 11.1 Å². The van der Waals surface area contributed by atoms with Gasteiger partial charge in [-0.05, 0) is 30.5 Å². The van der Waals surface area contributed by atoms with Gasteiger partial charge in [0, 0.05) is 17.5 Å². The molecule has 4 rings (SSSR count). The van der Waals surface area contributed by atoms with Gasteiger partial charge in [-0.15, -0.1) is 0 Å². The molecule has 3 aromatic rings. The Kier molecular flexibility index (Phi) is 4.53. The average Bonchev–Trinajstić information content (AvgIpc) is 3.12. The fourth-order valence-corrected chi connectivity index (χ4v) is 4.19. The van der Waals surface area contributed by atoms with Gasteiger partial charge in [-0.25, -0.2) is 4.98 Å². The number of thiazole rings is 1. The minimum atomic E-state index is -0.308. The summed E-state index contributed by atoms with van der Waals surface area (Å²) in [5, 5.41) is 12.6. The van der Waals surface area contributed by atoms with Crippen LogP contribution in [0, 0.1) is 11.3 Å². The first-order valence-electron chi connectivity index (χ1n) is 8.60. The third-order valence-electron chi connectivity index (χ3n) is 4.50. The smallest absolute Gasteiger partial charge is 0.258 e. The van der Waals surface area contributed by atoms with E-state index in [0.717, 1.165) is 18.5 Å². The van der Waals surface area contributed by atoms with E-state index in [2.05, 4.69) is 16.4 Å². The van der Waals surface area contributed by atoms with Gasteiger partial charge in [-0.3, -0.25) is 14.9 Å². The van der Waals surface area contributed by atoms with E-state index >= 15 is 0 Å². The summed E-state index contributed by atoms with van der Waals surface area (Å²) >= 11 is 1.23. The molecule has 1 amide bonds. The molecular formula is C21H15N3O2S. The van der Waals surface area contributed by atoms with Crippen LogP contribution in [0.2, 0.25) is 0 Å². The number of nitrogens with one attached hydrogen (secondary N) is 1. The number of amides is 1. The number of anilines is 1. The molecule has 2 aromatic carbocycles. The quantitative estimate of drug-likeness (QED) is 0.735. The van der Waals surface area contributed by atoms with Crippen LogP contribution in [0.1, 0.15) is 44.1 Å². The maximum Gasteiger partial charge on any atom is 0.258 e. The fourth-order valence-electron chi connectivity index (χ4n) is 3.22. The van der Waals surface area contributed by atoms with Crippen LogP contribution in [0.4, 0.5) is 5.13 Å². The highest BCUT2D eigenvalue weighted by molar-refractivity contribution is 7.17. The molecular weight excluding hydrogens is 358 g/mol. The molecule has 1 aliphatic rings. The lowest BCUT2D eigenvalue weighted by molar-refractivity contribution is 0.0975. The highest BCUT2D eigenvalue weighted by atomic mass is 32.1. The van der Waals surface area contributed by atoms with Crippen molar-refractivity contribution in [1.29, 1.82) is 5.26 Å². The van der Waals surface area contributed by atoms with Crippen molar-refractivity contribution in [1.82, 2.24) is 4.98 Å². The lowest BCUT2D eigenvalue weighted by Gasteiger charge is -2.10. The Morgan fingerprint density at radius 2 is 1.81 bits per heavy atom. The number of nitriles is 1. The lowest BCUT2D eigenvalue weighted by atomic mass is 9.95. The molecule has 0 unspecified atom stereocenters. The highest BCUT2D eigenvalue weighted by Crippen LogP contribution is 2.31. The van der Waals surface area contributed by atoms with Crippen molar-refractivity contribution in [2.75, 3.05) is 5.32 Å². The molecule has 1 N–H and O–H groups in total. The number of benzene rings is 2. The first-order valence-corrected chi connectivity index (χ1v) is 9.42. The van der Waals surface area contributed by atoms with Gasteiger partial charge in [0.15, 0.2) is 10.9 Å². The van der Waals surface area contributed by atoms with E-state index in [4.69, 9.17) is 0 Å². The summed E-state index contributed by atoms with van der Waals surface area (Å²) in [7, 11) is 0. The number of ketones is 1. The summed E-state index contributed by atoms with van der Waals surface area (Å²) in [5.74, 6) is -0.213. The van der Waals surface area contributed by atoms with Crippen molar-refractivity contribution in [3.8, 4) is 17.2 Å². The molecule has 27 heavy (non-hydrogen) atoms. The second kappa shape index (κ2) is 7.14. The third kappa shape index (κ3) is 3.25. The van der Waals surface area contributed by atoms with Crippen LogP contribution in [-0.2, 0) is 6.42 Å². The number of carbonyl (C=O) groups is 2. The van der Waals surface area contributed by atoms with Gasteiger partial charge < -0.3 is 0 Å². The monoisotopic (exact) mass is 373 g/mol. The van der Waals surface area contributed by atoms with Gasteiger partial charge in [0.2, 0.25) is 0 Å². The number of hydrogen-bond acceptors (Lipinski definition) is 5. The number of fused-ring (bicyclic) bond motifs is 1. The van der Waals surface area contributed by atoms with E-state index < -0.39 is 0 Å². The largest absolute Gasteiger partial charge is 0.298 e. The number of nitrogens with zero attached hydrogens (tertiary/aromatic N) is 2. The molecule has 1 aliphatic carbocycles. The Balaban J connectivity index is 1.68. The molecule has 0 saturated carbocycles. The summed E-state index contributed by atoms with van der Waals surface area (Å²) in [6.45, 7) is 0. The highest BCUT2D eigenvalue weighted by Gasteiger charge is 2.23. The first kappa shape index (κ1) is 17.1. The maximum absolute atomic E-state index is 12.9. The Morgan fingerprint density at radius 3 is 2.59 bits per heavy atom. The van der Waals surface area contributed by atoms with E-state index in [1.165, 1.54) is 11.3 Å². The van der Waals surface area contributed by atoms with Crippen molar-refractivity contribution >= 4 is 28.2 Å². The standard InChI is InChI=1S/C21H15N3O2S/c22-12-13-6-1-2-7-14(13)15-8-3-4-9-16(15)20(26)24-21-23-17-10-5-11-18(25)19(17)27-21/h1-4,6-9H,5,10-11H2,(H,23,24,26). The van der Waals surface area contributed by atoms with E-state index in [-0.39, 0.29) is 11.7 Å². The number of aromatic nitrogens is 1. The van der Waals surface area contributed by atoms with Crippen molar-refractivity contribution in [2.24, 2.45) is 0 Å². The van der Waals surface area contributed by atoms with Crippen LogP contribution in [-0.4, -0.2) is 16.7 Å². The van der Waals surface area contributed by atoms with Crippen LogP contribution in [0.15, 0.2) is 48.5 Å². The molecule has 132 valence electrons. The Labute approximate surface area is 160 Å². The summed E-state index contributed by atoms with van der Waals surface area (Å²) in [6, 6.07) is 16.5. The van der Waals surface area contributed by atoms with Gasteiger partial charge in [-0.2, -0.15) is 5.26 Å². The van der Waals surface area contributed by atoms with Crippen molar-refractivity contribution in [3.05, 3.63) is 70.2 Å². The Hall–Kier alpha value is -3.30. The van der Waals surface area contributed by atoms with Gasteiger partial charge in [0.05, 0.1) is 22.2 Å². The Bertz CT molecular complexity index is 1090. The number of rotatable bonds is 3. The topological polar surface area (TPSA) is 82.8 Å². The van der Waals surface area contributed by atoms with E-state index in [0.29, 0.717) is 38.7 Å². The molecule has 0 aliphatic heterocycles. The number of Topliss-reactive ketones (excluding diaryl/α,β-unsaturated/α-hetero) is 1. The minimum absolute atomic E-state index is 0.0950. The predicted octanol–water partition coefficient (Wildman–Crippen LogP) is 4.45. The van der Waals surface area contributed by atoms with Crippen LogP contribution in [0.5, 0.6) is 0 Å². The lowest BCUT2D eigenvalue weighted by Crippen LogP contribution is -2.13. The third-order valence-corrected chi connectivity index (χ3v) is 5.55. The summed E-state index contributed by atoms with van der Waals surface area (Å²) in [5.41, 5.74) is 3.13. The summed E-state index contributed by atoms with van der Waals surface area (Å²) < 4.78 is 0. The fraction of sp³-hybridized carbons (Fsp3) is 0.143. The van der Waals surface area contributed by atoms with Crippen LogP contribution in [0.3, 0.4) is 0 Å². The molecule has 5 nitrogen and oxygen atoms in total. The zero-order valence-corrected chi connectivity index (χ0v) is 15.2. The predicted molar refractivity (Wildman–Crippen MR) is 104 cm³/mol. The second-order valence-corrected chi connectivity index (χ2v) is 7.23. The first-order chi connectivity index (χ1) is 13.2. The maximum atomic E-state index is 12.9. The van der Waals surface area contributed by atoms with Crippen LogP contribution < -0.4 is 5.32 Å². The molecule has 0 fully saturated rings. The number of carbonyl (C=O) groups excluding carboxylic acids is 2. The number of hydrogen-bond donors (Lipinski definition) is 1. The second-order valence-electron chi connectivity index (χ2n) is 6.23. The zero-order valence-electron chi connectivity index (χ0n) is 14.4. The Morgan fingerprint density at radius 1 is 1.07 bits per heavy atom. The average molecular weight is 373 g/mol. The molecule has 0 radical (unpaired) electrons. The van der Waals surface area contributed by atoms with Crippen molar-refractivity contribution < 1.29 is 9.59 Å². The number of aryl methyl sites for hydroxylation is 1. The van der Waals surface area contributed by atoms with E-state index in [9.17, 15) is 14.9 Å². The summed E-state index contributed by atoms with van der Waals surface area (Å²) in [4.78, 5) is 29.9.